The van der Waals surface area contributed by atoms with Gasteiger partial charge in [-0.15, -0.1) is 11.6 Å². The summed E-state index contributed by atoms with van der Waals surface area (Å²) >= 11 is 6.23. The third-order valence-corrected chi connectivity index (χ3v) is 3.24. The topological polar surface area (TPSA) is 39.2 Å². The minimum absolute atomic E-state index is 0.113. The SMILES string of the molecule is CC(C)Oc1cccc(CC(Cl)C(=O)c2ccccn2)c1. The van der Waals surface area contributed by atoms with Gasteiger partial charge in [0.25, 0.3) is 0 Å². The molecule has 1 heterocycles. The lowest BCUT2D eigenvalue weighted by Crippen LogP contribution is -2.18. The van der Waals surface area contributed by atoms with Crippen LogP contribution in [0.1, 0.15) is 29.9 Å². The van der Waals surface area contributed by atoms with Crippen molar-refractivity contribution in [1.82, 2.24) is 4.98 Å². The van der Waals surface area contributed by atoms with Crippen molar-refractivity contribution in [2.45, 2.75) is 31.7 Å². The number of benzene rings is 1. The Balaban J connectivity index is 2.05. The normalized spacial score (nSPS) is 12.2. The molecule has 0 amide bonds. The van der Waals surface area contributed by atoms with Crippen LogP contribution in [-0.2, 0) is 6.42 Å². The van der Waals surface area contributed by atoms with E-state index < -0.39 is 5.38 Å². The van der Waals surface area contributed by atoms with E-state index in [9.17, 15) is 4.79 Å². The Kier molecular flexibility index (Phi) is 5.34. The fraction of sp³-hybridized carbons (Fsp3) is 0.294. The molecule has 0 saturated carbocycles. The van der Waals surface area contributed by atoms with E-state index >= 15 is 0 Å². The van der Waals surface area contributed by atoms with Gasteiger partial charge in [-0.25, -0.2) is 0 Å². The van der Waals surface area contributed by atoms with Crippen molar-refractivity contribution in [2.75, 3.05) is 0 Å². The molecule has 0 radical (unpaired) electrons. The summed E-state index contributed by atoms with van der Waals surface area (Å²) in [6.45, 7) is 3.95. The summed E-state index contributed by atoms with van der Waals surface area (Å²) in [4.78, 5) is 16.2. The molecule has 0 spiro atoms. The number of nitrogens with zero attached hydrogens (tertiary/aromatic N) is 1. The number of halogens is 1. The lowest BCUT2D eigenvalue weighted by Gasteiger charge is -2.12. The fourth-order valence-electron chi connectivity index (χ4n) is 1.99. The quantitative estimate of drug-likeness (QED) is 0.600. The molecule has 0 fully saturated rings. The third-order valence-electron chi connectivity index (χ3n) is 2.89. The van der Waals surface area contributed by atoms with Gasteiger partial charge < -0.3 is 4.74 Å². The summed E-state index contributed by atoms with van der Waals surface area (Å²) in [5.74, 6) is 0.629. The Labute approximate surface area is 129 Å². The molecule has 1 unspecified atom stereocenters. The van der Waals surface area contributed by atoms with Gasteiger partial charge >= 0.3 is 0 Å². The van der Waals surface area contributed by atoms with Gasteiger partial charge in [-0.2, -0.15) is 0 Å². The van der Waals surface area contributed by atoms with Crippen molar-refractivity contribution in [3.8, 4) is 5.75 Å². The van der Waals surface area contributed by atoms with Crippen molar-refractivity contribution in [2.24, 2.45) is 0 Å². The highest BCUT2D eigenvalue weighted by Gasteiger charge is 2.19. The Morgan fingerprint density at radius 3 is 2.71 bits per heavy atom. The average molecular weight is 304 g/mol. The van der Waals surface area contributed by atoms with E-state index in [1.54, 1.807) is 24.4 Å². The van der Waals surface area contributed by atoms with E-state index in [0.29, 0.717) is 12.1 Å². The van der Waals surface area contributed by atoms with Crippen LogP contribution in [0.15, 0.2) is 48.7 Å². The summed E-state index contributed by atoms with van der Waals surface area (Å²) in [7, 11) is 0. The number of rotatable bonds is 6. The largest absolute Gasteiger partial charge is 0.491 e. The Morgan fingerprint density at radius 1 is 1.24 bits per heavy atom. The Hall–Kier alpha value is -1.87. The van der Waals surface area contributed by atoms with E-state index in [0.717, 1.165) is 11.3 Å². The van der Waals surface area contributed by atoms with Gasteiger partial charge in [-0.1, -0.05) is 18.2 Å². The molecule has 3 nitrogen and oxygen atoms in total. The van der Waals surface area contributed by atoms with Crippen molar-refractivity contribution in [3.63, 3.8) is 0 Å². The molecule has 1 aromatic carbocycles. The first kappa shape index (κ1) is 15.5. The highest BCUT2D eigenvalue weighted by Crippen LogP contribution is 2.19. The molecule has 0 saturated heterocycles. The second-order valence-electron chi connectivity index (χ2n) is 5.06. The second-order valence-corrected chi connectivity index (χ2v) is 5.59. The first-order valence-electron chi connectivity index (χ1n) is 6.91. The molecule has 0 bridgehead atoms. The minimum atomic E-state index is -0.630. The number of ketones is 1. The summed E-state index contributed by atoms with van der Waals surface area (Å²) in [6, 6.07) is 12.9. The van der Waals surface area contributed by atoms with Crippen LogP contribution in [0.2, 0.25) is 0 Å². The van der Waals surface area contributed by atoms with Crippen LogP contribution in [0, 0.1) is 0 Å². The van der Waals surface area contributed by atoms with Gasteiger partial charge in [-0.3, -0.25) is 9.78 Å². The van der Waals surface area contributed by atoms with E-state index in [-0.39, 0.29) is 11.9 Å². The first-order valence-corrected chi connectivity index (χ1v) is 7.35. The van der Waals surface area contributed by atoms with Crippen LogP contribution >= 0.6 is 11.6 Å². The van der Waals surface area contributed by atoms with Crippen LogP contribution in [0.4, 0.5) is 0 Å². The number of ether oxygens (including phenoxy) is 1. The van der Waals surface area contributed by atoms with E-state index in [1.165, 1.54) is 0 Å². The maximum absolute atomic E-state index is 12.2. The number of hydrogen-bond donors (Lipinski definition) is 0. The number of pyridine rings is 1. The Morgan fingerprint density at radius 2 is 2.05 bits per heavy atom. The van der Waals surface area contributed by atoms with Crippen molar-refractivity contribution < 1.29 is 9.53 Å². The molecule has 1 aromatic heterocycles. The highest BCUT2D eigenvalue weighted by atomic mass is 35.5. The molecule has 0 aliphatic rings. The van der Waals surface area contributed by atoms with Gasteiger partial charge in [0.05, 0.1) is 6.10 Å². The number of alkyl halides is 1. The van der Waals surface area contributed by atoms with Crippen LogP contribution in [0.5, 0.6) is 5.75 Å². The third kappa shape index (κ3) is 4.57. The van der Waals surface area contributed by atoms with Gasteiger partial charge in [0.1, 0.15) is 16.8 Å². The lowest BCUT2D eigenvalue weighted by atomic mass is 10.0. The number of Topliss-reactive ketones (excluding diaryl/α,β-unsaturated/α-hetero) is 1. The van der Waals surface area contributed by atoms with Crippen LogP contribution in [-0.4, -0.2) is 22.2 Å². The molecular weight excluding hydrogens is 286 g/mol. The van der Waals surface area contributed by atoms with Crippen molar-refractivity contribution in [1.29, 1.82) is 0 Å². The first-order chi connectivity index (χ1) is 10.1. The van der Waals surface area contributed by atoms with Gasteiger partial charge in [-0.05, 0) is 50.1 Å². The van der Waals surface area contributed by atoms with Crippen LogP contribution in [0.3, 0.4) is 0 Å². The molecule has 2 rings (SSSR count). The lowest BCUT2D eigenvalue weighted by molar-refractivity contribution is 0.0982. The maximum atomic E-state index is 12.2. The molecule has 2 aromatic rings. The number of carbonyl (C=O) groups is 1. The maximum Gasteiger partial charge on any atom is 0.199 e. The minimum Gasteiger partial charge on any atom is -0.491 e. The number of aromatic nitrogens is 1. The zero-order valence-corrected chi connectivity index (χ0v) is 12.9. The van der Waals surface area contributed by atoms with E-state index in [1.807, 2.05) is 38.1 Å². The summed E-state index contributed by atoms with van der Waals surface area (Å²) in [5, 5.41) is -0.630. The Bertz CT molecular complexity index is 599. The fourth-order valence-corrected chi connectivity index (χ4v) is 2.28. The van der Waals surface area contributed by atoms with E-state index in [2.05, 4.69) is 4.98 Å². The zero-order chi connectivity index (χ0) is 15.2. The molecule has 0 N–H and O–H groups in total. The van der Waals surface area contributed by atoms with Crippen molar-refractivity contribution in [3.05, 3.63) is 59.9 Å². The van der Waals surface area contributed by atoms with Crippen LogP contribution < -0.4 is 4.74 Å². The van der Waals surface area contributed by atoms with Gasteiger partial charge in [0, 0.05) is 6.20 Å². The second kappa shape index (κ2) is 7.23. The summed E-state index contributed by atoms with van der Waals surface area (Å²) in [5.41, 5.74) is 1.37. The zero-order valence-electron chi connectivity index (χ0n) is 12.1. The number of hydrogen-bond acceptors (Lipinski definition) is 3. The standard InChI is InChI=1S/C17H18ClNO2/c1-12(2)21-14-7-5-6-13(10-14)11-15(18)17(20)16-8-3-4-9-19-16/h3-10,12,15H,11H2,1-2H3. The molecule has 0 aliphatic heterocycles. The molecule has 4 heteroatoms. The van der Waals surface area contributed by atoms with Crippen molar-refractivity contribution >= 4 is 17.4 Å². The predicted octanol–water partition coefficient (Wildman–Crippen LogP) is 3.90. The van der Waals surface area contributed by atoms with Crippen LogP contribution in [0.25, 0.3) is 0 Å². The van der Waals surface area contributed by atoms with E-state index in [4.69, 9.17) is 16.3 Å². The molecule has 1 atom stereocenters. The molecule has 110 valence electrons. The monoisotopic (exact) mass is 303 g/mol. The number of carbonyl (C=O) groups excluding carboxylic acids is 1. The average Bonchev–Trinajstić information content (AvgIpc) is 2.47. The highest BCUT2D eigenvalue weighted by molar-refractivity contribution is 6.33. The summed E-state index contributed by atoms with van der Waals surface area (Å²) < 4.78 is 5.64. The summed E-state index contributed by atoms with van der Waals surface area (Å²) in [6.07, 6.45) is 2.16. The molecule has 21 heavy (non-hydrogen) atoms. The predicted molar refractivity (Wildman–Crippen MR) is 84.1 cm³/mol. The van der Waals surface area contributed by atoms with Gasteiger partial charge in [0.15, 0.2) is 5.78 Å². The molecule has 0 aliphatic carbocycles. The van der Waals surface area contributed by atoms with Gasteiger partial charge in [0.2, 0.25) is 0 Å². The molecular formula is C17H18ClNO2. The smallest absolute Gasteiger partial charge is 0.199 e.